The summed E-state index contributed by atoms with van der Waals surface area (Å²) in [7, 11) is 4.05. The molecule has 158 valence electrons. The molecule has 0 fully saturated rings. The molecule has 0 saturated heterocycles. The smallest absolute Gasteiger partial charge is 0.294 e. The summed E-state index contributed by atoms with van der Waals surface area (Å²) in [5.41, 5.74) is 4.72. The van der Waals surface area contributed by atoms with Gasteiger partial charge in [-0.1, -0.05) is 42.5 Å². The highest BCUT2D eigenvalue weighted by Crippen LogP contribution is 2.18. The van der Waals surface area contributed by atoms with Crippen molar-refractivity contribution in [3.8, 4) is 0 Å². The molecule has 7 heteroatoms. The Bertz CT molecular complexity index is 1010. The lowest BCUT2D eigenvalue weighted by molar-refractivity contribution is 0.483. The van der Waals surface area contributed by atoms with Gasteiger partial charge in [0, 0.05) is 50.7 Å². The molecular formula is C23H27N3O3S. The monoisotopic (exact) mass is 425 g/mol. The molecule has 3 rings (SSSR count). The van der Waals surface area contributed by atoms with Gasteiger partial charge in [0.25, 0.3) is 10.1 Å². The lowest BCUT2D eigenvalue weighted by atomic mass is 10.0. The van der Waals surface area contributed by atoms with Crippen LogP contribution < -0.4 is 9.80 Å². The Labute approximate surface area is 178 Å². The van der Waals surface area contributed by atoms with E-state index in [1.54, 1.807) is 18.2 Å². The number of hydrogen-bond donors (Lipinski definition) is 2. The molecule has 0 unspecified atom stereocenters. The van der Waals surface area contributed by atoms with Crippen molar-refractivity contribution in [2.75, 3.05) is 38.0 Å². The van der Waals surface area contributed by atoms with Crippen LogP contribution >= 0.6 is 0 Å². The number of nitrogens with one attached hydrogen (secondary N) is 1. The maximum absolute atomic E-state index is 10.4. The average molecular weight is 426 g/mol. The number of rotatable bonds is 5. The van der Waals surface area contributed by atoms with Gasteiger partial charge in [-0.3, -0.25) is 9.96 Å². The van der Waals surface area contributed by atoms with Crippen LogP contribution in [-0.4, -0.2) is 46.9 Å². The van der Waals surface area contributed by atoms with E-state index < -0.39 is 10.1 Å². The molecule has 6 nitrogen and oxygen atoms in total. The summed E-state index contributed by atoms with van der Waals surface area (Å²) in [5.74, 6) is 0. The van der Waals surface area contributed by atoms with Crippen LogP contribution in [0.1, 0.15) is 11.1 Å². The second-order valence-electron chi connectivity index (χ2n) is 7.05. The van der Waals surface area contributed by atoms with Crippen molar-refractivity contribution in [2.45, 2.75) is 4.90 Å². The zero-order chi connectivity index (χ0) is 22.3. The van der Waals surface area contributed by atoms with Crippen LogP contribution in [0.3, 0.4) is 0 Å². The molecule has 3 aromatic carbocycles. The maximum atomic E-state index is 10.4. The molecule has 0 amide bonds. The Balaban J connectivity index is 0.000000269. The lowest BCUT2D eigenvalue weighted by Crippen LogP contribution is -2.10. The lowest BCUT2D eigenvalue weighted by Gasteiger charge is -2.14. The fourth-order valence-electron chi connectivity index (χ4n) is 2.61. The molecule has 0 saturated carbocycles. The van der Waals surface area contributed by atoms with Crippen molar-refractivity contribution in [3.63, 3.8) is 0 Å². The normalized spacial score (nSPS) is 10.6. The highest BCUT2D eigenvalue weighted by Gasteiger charge is 2.06. The standard InChI is InChI=1S/C17H21N3.C6H6O3S/c1-19(2)15-9-5-13(6-10-15)17(18)14-7-11-16(12-8-14)20(3)4;7-10(8,9)6-4-2-1-3-5-6/h5-12,18H,1-4H3;1-5H,(H,7,8,9). The molecule has 0 aliphatic heterocycles. The van der Waals surface area contributed by atoms with Gasteiger partial charge < -0.3 is 9.80 Å². The highest BCUT2D eigenvalue weighted by atomic mass is 32.2. The zero-order valence-corrected chi connectivity index (χ0v) is 18.4. The first-order valence-electron chi connectivity index (χ1n) is 9.26. The fraction of sp³-hybridized carbons (Fsp3) is 0.174. The molecule has 0 aromatic heterocycles. The van der Waals surface area contributed by atoms with E-state index in [9.17, 15) is 8.42 Å². The molecule has 30 heavy (non-hydrogen) atoms. The van der Waals surface area contributed by atoms with Crippen molar-refractivity contribution < 1.29 is 13.0 Å². The van der Waals surface area contributed by atoms with E-state index in [0.717, 1.165) is 22.5 Å². The van der Waals surface area contributed by atoms with Gasteiger partial charge in [-0.15, -0.1) is 0 Å². The van der Waals surface area contributed by atoms with Gasteiger partial charge in [-0.05, 0) is 36.4 Å². The first-order valence-corrected chi connectivity index (χ1v) is 10.7. The number of anilines is 2. The average Bonchev–Trinajstić information content (AvgIpc) is 2.74. The van der Waals surface area contributed by atoms with Crippen LogP contribution in [-0.2, 0) is 10.1 Å². The topological polar surface area (TPSA) is 84.7 Å². The largest absolute Gasteiger partial charge is 0.378 e. The third-order valence-corrected chi connectivity index (χ3v) is 5.25. The molecule has 2 N–H and O–H groups in total. The van der Waals surface area contributed by atoms with Crippen LogP contribution in [0.5, 0.6) is 0 Å². The summed E-state index contributed by atoms with van der Waals surface area (Å²) < 4.78 is 29.2. The predicted molar refractivity (Wildman–Crippen MR) is 124 cm³/mol. The third-order valence-electron chi connectivity index (χ3n) is 4.39. The Kier molecular flexibility index (Phi) is 7.74. The molecule has 0 radical (unpaired) electrons. The molecule has 0 aliphatic carbocycles. The fourth-order valence-corrected chi connectivity index (χ4v) is 3.11. The molecule has 0 atom stereocenters. The summed E-state index contributed by atoms with van der Waals surface area (Å²) in [6.07, 6.45) is 0. The Hall–Kier alpha value is -3.16. The number of nitrogens with zero attached hydrogens (tertiary/aromatic N) is 2. The van der Waals surface area contributed by atoms with Gasteiger partial charge in [0.05, 0.1) is 10.6 Å². The number of hydrogen-bond acceptors (Lipinski definition) is 5. The second kappa shape index (κ2) is 10.0. The first kappa shape index (κ1) is 23.1. The van der Waals surface area contributed by atoms with Gasteiger partial charge in [0.2, 0.25) is 0 Å². The van der Waals surface area contributed by atoms with Gasteiger partial charge in [0.1, 0.15) is 0 Å². The van der Waals surface area contributed by atoms with Crippen LogP contribution in [0.25, 0.3) is 0 Å². The molecular weight excluding hydrogens is 398 g/mol. The van der Waals surface area contributed by atoms with Gasteiger partial charge in [-0.2, -0.15) is 8.42 Å². The molecule has 3 aromatic rings. The van der Waals surface area contributed by atoms with Crippen molar-refractivity contribution in [1.29, 1.82) is 5.41 Å². The first-order chi connectivity index (χ1) is 14.1. The summed E-state index contributed by atoms with van der Waals surface area (Å²) in [6, 6.07) is 23.6. The van der Waals surface area contributed by atoms with Gasteiger partial charge in [0.15, 0.2) is 0 Å². The minimum Gasteiger partial charge on any atom is -0.378 e. The van der Waals surface area contributed by atoms with Crippen molar-refractivity contribution in [2.24, 2.45) is 0 Å². The Morgan fingerprint density at radius 3 is 1.33 bits per heavy atom. The van der Waals surface area contributed by atoms with Crippen LogP contribution in [0.15, 0.2) is 83.8 Å². The van der Waals surface area contributed by atoms with Crippen LogP contribution in [0, 0.1) is 5.41 Å². The number of benzene rings is 3. The van der Waals surface area contributed by atoms with Crippen molar-refractivity contribution >= 4 is 27.2 Å². The van der Waals surface area contributed by atoms with E-state index in [1.807, 2.05) is 76.7 Å². The van der Waals surface area contributed by atoms with E-state index in [2.05, 4.69) is 9.80 Å². The van der Waals surface area contributed by atoms with E-state index in [0.29, 0.717) is 5.71 Å². The molecule has 0 spiro atoms. The second-order valence-corrected chi connectivity index (χ2v) is 8.47. The SMILES string of the molecule is CN(C)c1ccc(C(=N)c2ccc(N(C)C)cc2)cc1.O=S(=O)(O)c1ccccc1. The summed E-state index contributed by atoms with van der Waals surface area (Å²) in [6.45, 7) is 0. The van der Waals surface area contributed by atoms with E-state index in [1.165, 1.54) is 12.1 Å². The van der Waals surface area contributed by atoms with E-state index in [-0.39, 0.29) is 4.90 Å². The molecule has 0 bridgehead atoms. The third kappa shape index (κ3) is 6.43. The summed E-state index contributed by atoms with van der Waals surface area (Å²) >= 11 is 0. The van der Waals surface area contributed by atoms with Crippen molar-refractivity contribution in [3.05, 3.63) is 90.0 Å². The summed E-state index contributed by atoms with van der Waals surface area (Å²) in [4.78, 5) is 4.04. The van der Waals surface area contributed by atoms with Crippen molar-refractivity contribution in [1.82, 2.24) is 0 Å². The van der Waals surface area contributed by atoms with Gasteiger partial charge in [-0.25, -0.2) is 0 Å². The molecule has 0 heterocycles. The minimum absolute atomic E-state index is 0.0741. The van der Waals surface area contributed by atoms with Crippen LogP contribution in [0.4, 0.5) is 11.4 Å². The molecule has 0 aliphatic rings. The maximum Gasteiger partial charge on any atom is 0.294 e. The summed E-state index contributed by atoms with van der Waals surface area (Å²) in [5, 5.41) is 8.30. The van der Waals surface area contributed by atoms with Gasteiger partial charge >= 0.3 is 0 Å². The minimum atomic E-state index is -4.00. The van der Waals surface area contributed by atoms with E-state index in [4.69, 9.17) is 9.96 Å². The predicted octanol–water partition coefficient (Wildman–Crippen LogP) is 4.17. The highest BCUT2D eigenvalue weighted by molar-refractivity contribution is 7.85. The Morgan fingerprint density at radius 2 is 1.07 bits per heavy atom. The Morgan fingerprint density at radius 1 is 0.700 bits per heavy atom. The van der Waals surface area contributed by atoms with Crippen LogP contribution in [0.2, 0.25) is 0 Å². The van der Waals surface area contributed by atoms with E-state index >= 15 is 0 Å². The zero-order valence-electron chi connectivity index (χ0n) is 17.6. The quantitative estimate of drug-likeness (QED) is 0.473.